The molecule has 7 nitrogen and oxygen atoms in total. The van der Waals surface area contributed by atoms with Crippen molar-refractivity contribution in [2.75, 3.05) is 32.7 Å². The van der Waals surface area contributed by atoms with Crippen LogP contribution in [0.3, 0.4) is 0 Å². The van der Waals surface area contributed by atoms with E-state index in [-0.39, 0.29) is 17.9 Å². The van der Waals surface area contributed by atoms with Crippen LogP contribution in [0.4, 0.5) is 0 Å². The van der Waals surface area contributed by atoms with Crippen LogP contribution < -0.4 is 5.32 Å². The molecule has 0 radical (unpaired) electrons. The Labute approximate surface area is 289 Å². The summed E-state index contributed by atoms with van der Waals surface area (Å²) in [5.74, 6) is 0.0224. The van der Waals surface area contributed by atoms with Crippen molar-refractivity contribution in [3.8, 4) is 0 Å². The lowest BCUT2D eigenvalue weighted by Gasteiger charge is -2.40. The molecular weight excluding hydrogens is 620 g/mol. The molecule has 250 valence electrons. The molecule has 2 fully saturated rings. The van der Waals surface area contributed by atoms with Crippen molar-refractivity contribution in [1.29, 1.82) is 0 Å². The summed E-state index contributed by atoms with van der Waals surface area (Å²) in [5, 5.41) is 15.4. The first-order chi connectivity index (χ1) is 23.3. The maximum Gasteiger partial charge on any atom is 0.255 e. The maximum absolute atomic E-state index is 14.0. The lowest BCUT2D eigenvalue weighted by atomic mass is 9.68. The Kier molecular flexibility index (Phi) is 10.9. The summed E-state index contributed by atoms with van der Waals surface area (Å²) in [6.45, 7) is 3.72. The van der Waals surface area contributed by atoms with Crippen LogP contribution >= 0.6 is 11.6 Å². The van der Waals surface area contributed by atoms with Crippen LogP contribution in [0.2, 0.25) is 5.02 Å². The van der Waals surface area contributed by atoms with Gasteiger partial charge in [-0.2, -0.15) is 0 Å². The van der Waals surface area contributed by atoms with Gasteiger partial charge in [-0.25, -0.2) is 0 Å². The summed E-state index contributed by atoms with van der Waals surface area (Å²) < 4.78 is 0. The van der Waals surface area contributed by atoms with Crippen LogP contribution in [-0.2, 0) is 15.8 Å². The van der Waals surface area contributed by atoms with Crippen LogP contribution in [0.15, 0.2) is 109 Å². The number of nitrogens with zero attached hydrogens (tertiary/aromatic N) is 3. The molecule has 3 aromatic carbocycles. The highest BCUT2D eigenvalue weighted by atomic mass is 35.5. The zero-order valence-corrected chi connectivity index (χ0v) is 28.2. The van der Waals surface area contributed by atoms with Crippen molar-refractivity contribution >= 4 is 23.4 Å². The van der Waals surface area contributed by atoms with Crippen LogP contribution in [0.1, 0.15) is 72.0 Å². The third kappa shape index (κ3) is 7.97. The first kappa shape index (κ1) is 33.8. The van der Waals surface area contributed by atoms with Crippen molar-refractivity contribution in [1.82, 2.24) is 20.1 Å². The molecule has 8 heteroatoms. The van der Waals surface area contributed by atoms with Gasteiger partial charge in [-0.05, 0) is 86.0 Å². The Bertz CT molecular complexity index is 1580. The van der Waals surface area contributed by atoms with E-state index >= 15 is 0 Å². The largest absolute Gasteiger partial charge is 0.385 e. The summed E-state index contributed by atoms with van der Waals surface area (Å²) in [5.41, 5.74) is 2.47. The number of hydrogen-bond acceptors (Lipinski definition) is 5. The van der Waals surface area contributed by atoms with Crippen LogP contribution in [-0.4, -0.2) is 70.5 Å². The molecule has 3 heterocycles. The minimum atomic E-state index is -0.834. The van der Waals surface area contributed by atoms with Gasteiger partial charge in [0, 0.05) is 61.5 Å². The van der Waals surface area contributed by atoms with Gasteiger partial charge in [-0.15, -0.1) is 0 Å². The fourth-order valence-corrected chi connectivity index (χ4v) is 7.64. The average Bonchev–Trinajstić information content (AvgIpc) is 3.13. The molecule has 1 aromatic heterocycles. The number of carbonyl (C=O) groups is 2. The summed E-state index contributed by atoms with van der Waals surface area (Å²) in [6, 6.07) is 32.0. The first-order valence-corrected chi connectivity index (χ1v) is 17.5. The van der Waals surface area contributed by atoms with Crippen LogP contribution in [0, 0.1) is 0 Å². The third-order valence-electron chi connectivity index (χ3n) is 10.3. The summed E-state index contributed by atoms with van der Waals surface area (Å²) in [7, 11) is 0. The standard InChI is InChI=1S/C40H45ClN4O3/c41-35-16-14-34(15-17-35)40(48)21-27-44(28-22-40)24-8-20-39(32-10-3-1-4-11-32,33-12-5-2-6-13-33)29-37(46)43-36-18-25-45(26-19-36)38(47)31-9-7-23-42-30-31/h1-7,9-17,23,30,36,48H,8,18-22,24-29H2,(H,43,46). The van der Waals surface area contributed by atoms with Crippen molar-refractivity contribution in [2.45, 2.75) is 62.0 Å². The lowest BCUT2D eigenvalue weighted by Crippen LogP contribution is -2.48. The normalized spacial score (nSPS) is 17.2. The Morgan fingerprint density at radius 2 is 1.48 bits per heavy atom. The Balaban J connectivity index is 1.11. The minimum absolute atomic E-state index is 0.0107. The predicted molar refractivity (Wildman–Crippen MR) is 190 cm³/mol. The molecule has 4 aromatic rings. The number of amides is 2. The van der Waals surface area contributed by atoms with E-state index in [1.165, 1.54) is 0 Å². The van der Waals surface area contributed by atoms with Crippen molar-refractivity contribution < 1.29 is 14.7 Å². The van der Waals surface area contributed by atoms with Crippen molar-refractivity contribution in [2.24, 2.45) is 0 Å². The summed E-state index contributed by atoms with van der Waals surface area (Å²) >= 11 is 6.09. The molecule has 48 heavy (non-hydrogen) atoms. The molecule has 0 atom stereocenters. The number of benzene rings is 3. The number of pyridine rings is 1. The second kappa shape index (κ2) is 15.5. The van der Waals surface area contributed by atoms with E-state index in [4.69, 9.17) is 11.6 Å². The van der Waals surface area contributed by atoms with Gasteiger partial charge in [0.25, 0.3) is 5.91 Å². The van der Waals surface area contributed by atoms with Crippen molar-refractivity contribution in [3.05, 3.63) is 137 Å². The first-order valence-electron chi connectivity index (χ1n) is 17.2. The number of hydrogen-bond donors (Lipinski definition) is 2. The maximum atomic E-state index is 14.0. The number of aromatic nitrogens is 1. The number of rotatable bonds is 11. The zero-order valence-electron chi connectivity index (χ0n) is 27.4. The van der Waals surface area contributed by atoms with E-state index in [1.807, 2.05) is 41.3 Å². The lowest BCUT2D eigenvalue weighted by molar-refractivity contribution is -0.123. The highest BCUT2D eigenvalue weighted by Gasteiger charge is 2.38. The van der Waals surface area contributed by atoms with E-state index in [0.717, 1.165) is 62.0 Å². The number of nitrogens with one attached hydrogen (secondary N) is 1. The molecule has 6 rings (SSSR count). The highest BCUT2D eigenvalue weighted by Crippen LogP contribution is 2.41. The molecule has 2 N–H and O–H groups in total. The van der Waals surface area contributed by atoms with Gasteiger partial charge in [-0.3, -0.25) is 14.6 Å². The molecule has 2 aliphatic rings. The predicted octanol–water partition coefficient (Wildman–Crippen LogP) is 6.60. The topological polar surface area (TPSA) is 85.8 Å². The highest BCUT2D eigenvalue weighted by molar-refractivity contribution is 6.30. The van der Waals surface area contributed by atoms with E-state index < -0.39 is 11.0 Å². The molecule has 0 bridgehead atoms. The monoisotopic (exact) mass is 664 g/mol. The van der Waals surface area contributed by atoms with Gasteiger partial charge >= 0.3 is 0 Å². The number of aliphatic hydroxyl groups is 1. The Morgan fingerprint density at radius 1 is 0.854 bits per heavy atom. The minimum Gasteiger partial charge on any atom is -0.385 e. The van der Waals surface area contributed by atoms with E-state index in [0.29, 0.717) is 42.9 Å². The van der Waals surface area contributed by atoms with Gasteiger partial charge < -0.3 is 20.2 Å². The van der Waals surface area contributed by atoms with Gasteiger partial charge in [0.1, 0.15) is 0 Å². The van der Waals surface area contributed by atoms with Crippen LogP contribution in [0.25, 0.3) is 0 Å². The third-order valence-corrected chi connectivity index (χ3v) is 10.6. The average molecular weight is 665 g/mol. The Hall–Kier alpha value is -4.04. The number of halogens is 1. The molecule has 0 unspecified atom stereocenters. The zero-order chi connectivity index (χ0) is 33.4. The van der Waals surface area contributed by atoms with Gasteiger partial charge in [-0.1, -0.05) is 84.4 Å². The van der Waals surface area contributed by atoms with E-state index in [1.54, 1.807) is 24.5 Å². The molecule has 2 amide bonds. The van der Waals surface area contributed by atoms with Gasteiger partial charge in [0.05, 0.1) is 11.2 Å². The second-order valence-electron chi connectivity index (χ2n) is 13.4. The number of piperidine rings is 2. The van der Waals surface area contributed by atoms with Crippen molar-refractivity contribution in [3.63, 3.8) is 0 Å². The second-order valence-corrected chi connectivity index (χ2v) is 13.8. The Morgan fingerprint density at radius 3 is 2.06 bits per heavy atom. The van der Waals surface area contributed by atoms with E-state index in [2.05, 4.69) is 63.7 Å². The number of carbonyl (C=O) groups excluding carboxylic acids is 2. The molecule has 0 saturated carbocycles. The molecular formula is C40H45ClN4O3. The molecule has 2 saturated heterocycles. The van der Waals surface area contributed by atoms with E-state index in [9.17, 15) is 14.7 Å². The number of likely N-dealkylation sites (tertiary alicyclic amines) is 2. The molecule has 0 aliphatic carbocycles. The summed E-state index contributed by atoms with van der Waals surface area (Å²) in [6.07, 6.45) is 8.12. The quantitative estimate of drug-likeness (QED) is 0.189. The van der Waals surface area contributed by atoms with Gasteiger partial charge in [0.15, 0.2) is 0 Å². The summed E-state index contributed by atoms with van der Waals surface area (Å²) in [4.78, 5) is 35.3. The fraction of sp³-hybridized carbons (Fsp3) is 0.375. The molecule has 0 spiro atoms. The molecule has 2 aliphatic heterocycles. The fourth-order valence-electron chi connectivity index (χ4n) is 7.51. The SMILES string of the molecule is O=C(CC(CCCN1CCC(O)(c2ccc(Cl)cc2)CC1)(c1ccccc1)c1ccccc1)NC1CCN(C(=O)c2cccnc2)CC1. The van der Waals surface area contributed by atoms with Gasteiger partial charge in [0.2, 0.25) is 5.91 Å². The van der Waals surface area contributed by atoms with Crippen LogP contribution in [0.5, 0.6) is 0 Å². The smallest absolute Gasteiger partial charge is 0.255 e.